The van der Waals surface area contributed by atoms with Crippen molar-refractivity contribution in [2.45, 2.75) is 45.3 Å². The van der Waals surface area contributed by atoms with Gasteiger partial charge in [-0.25, -0.2) is 4.98 Å². The molecule has 3 rings (SSSR count). The number of fused-ring (bicyclic) bond motifs is 1. The van der Waals surface area contributed by atoms with Gasteiger partial charge < -0.3 is 9.67 Å². The van der Waals surface area contributed by atoms with Crippen molar-refractivity contribution < 1.29 is 5.11 Å². The molecule has 2 unspecified atom stereocenters. The van der Waals surface area contributed by atoms with Gasteiger partial charge in [0.1, 0.15) is 0 Å². The van der Waals surface area contributed by atoms with E-state index in [9.17, 15) is 5.11 Å². The molecule has 0 radical (unpaired) electrons. The van der Waals surface area contributed by atoms with E-state index in [1.54, 1.807) is 0 Å². The third kappa shape index (κ3) is 1.65. The highest BCUT2D eigenvalue weighted by atomic mass is 16.3. The maximum absolute atomic E-state index is 10.00. The van der Waals surface area contributed by atoms with Gasteiger partial charge in [0.05, 0.1) is 29.5 Å². The van der Waals surface area contributed by atoms with Crippen molar-refractivity contribution in [3.63, 3.8) is 0 Å². The summed E-state index contributed by atoms with van der Waals surface area (Å²) >= 11 is 0. The van der Waals surface area contributed by atoms with Gasteiger partial charge in [0.25, 0.3) is 0 Å². The Kier molecular flexibility index (Phi) is 2.44. The fourth-order valence-electron chi connectivity index (χ4n) is 2.79. The van der Waals surface area contributed by atoms with Gasteiger partial charge in [0.2, 0.25) is 0 Å². The van der Waals surface area contributed by atoms with Crippen LogP contribution in [0.1, 0.15) is 36.4 Å². The van der Waals surface area contributed by atoms with Crippen LogP contribution in [0.2, 0.25) is 0 Å². The minimum atomic E-state index is -0.214. The van der Waals surface area contributed by atoms with Gasteiger partial charge in [0.15, 0.2) is 0 Å². The van der Waals surface area contributed by atoms with Crippen LogP contribution in [0.25, 0.3) is 11.0 Å². The van der Waals surface area contributed by atoms with Crippen molar-refractivity contribution in [1.82, 2.24) is 9.55 Å². The standard InChI is InChI=1S/C14H18N2O/c1-9-6-11-13(7-10(9)2)16(8-15-11)12-4-3-5-14(12)17/h6-8,12,14,17H,3-5H2,1-2H3. The number of aliphatic hydroxyl groups is 1. The highest BCUT2D eigenvalue weighted by Crippen LogP contribution is 2.33. The molecule has 0 spiro atoms. The number of imidazole rings is 1. The van der Waals surface area contributed by atoms with Crippen molar-refractivity contribution in [1.29, 1.82) is 0 Å². The second kappa shape index (κ2) is 3.84. The molecule has 1 heterocycles. The Labute approximate surface area is 101 Å². The van der Waals surface area contributed by atoms with E-state index in [0.29, 0.717) is 0 Å². The van der Waals surface area contributed by atoms with E-state index in [-0.39, 0.29) is 12.1 Å². The lowest BCUT2D eigenvalue weighted by Crippen LogP contribution is -2.17. The molecule has 0 saturated heterocycles. The van der Waals surface area contributed by atoms with E-state index >= 15 is 0 Å². The molecule has 90 valence electrons. The molecule has 1 aromatic heterocycles. The first-order valence-corrected chi connectivity index (χ1v) is 6.28. The third-order valence-electron chi connectivity index (χ3n) is 3.99. The molecule has 3 nitrogen and oxygen atoms in total. The predicted octanol–water partition coefficient (Wildman–Crippen LogP) is 2.74. The van der Waals surface area contributed by atoms with Gasteiger partial charge in [-0.2, -0.15) is 0 Å². The number of aromatic nitrogens is 2. The SMILES string of the molecule is Cc1cc2ncn(C3CCCC3O)c2cc1C. The number of benzene rings is 1. The smallest absolute Gasteiger partial charge is 0.0961 e. The first-order valence-electron chi connectivity index (χ1n) is 6.28. The van der Waals surface area contributed by atoms with Crippen LogP contribution in [0.3, 0.4) is 0 Å². The Morgan fingerprint density at radius 1 is 1.24 bits per heavy atom. The lowest BCUT2D eigenvalue weighted by atomic mass is 10.1. The summed E-state index contributed by atoms with van der Waals surface area (Å²) in [5.74, 6) is 0. The van der Waals surface area contributed by atoms with Crippen molar-refractivity contribution in [2.24, 2.45) is 0 Å². The molecule has 17 heavy (non-hydrogen) atoms. The average Bonchev–Trinajstić information content (AvgIpc) is 2.86. The quantitative estimate of drug-likeness (QED) is 0.818. The van der Waals surface area contributed by atoms with Gasteiger partial charge in [-0.1, -0.05) is 0 Å². The second-order valence-electron chi connectivity index (χ2n) is 5.14. The Bertz CT molecular complexity index is 559. The van der Waals surface area contributed by atoms with Crippen LogP contribution in [0.4, 0.5) is 0 Å². The number of nitrogens with zero attached hydrogens (tertiary/aromatic N) is 2. The monoisotopic (exact) mass is 230 g/mol. The maximum atomic E-state index is 10.00. The number of aryl methyl sites for hydroxylation is 2. The van der Waals surface area contributed by atoms with Crippen molar-refractivity contribution in [3.05, 3.63) is 29.6 Å². The van der Waals surface area contributed by atoms with E-state index in [1.807, 2.05) is 6.33 Å². The second-order valence-corrected chi connectivity index (χ2v) is 5.14. The first kappa shape index (κ1) is 10.8. The summed E-state index contributed by atoms with van der Waals surface area (Å²) in [6.45, 7) is 4.23. The van der Waals surface area contributed by atoms with E-state index in [1.165, 1.54) is 11.1 Å². The normalized spacial score (nSPS) is 24.6. The summed E-state index contributed by atoms with van der Waals surface area (Å²) in [7, 11) is 0. The Morgan fingerprint density at radius 3 is 2.71 bits per heavy atom. The van der Waals surface area contributed by atoms with Crippen LogP contribution in [0.5, 0.6) is 0 Å². The molecule has 0 bridgehead atoms. The van der Waals surface area contributed by atoms with E-state index < -0.39 is 0 Å². The lowest BCUT2D eigenvalue weighted by Gasteiger charge is -2.17. The molecule has 2 aromatic rings. The van der Waals surface area contributed by atoms with Crippen molar-refractivity contribution >= 4 is 11.0 Å². The van der Waals surface area contributed by atoms with Gasteiger partial charge >= 0.3 is 0 Å². The van der Waals surface area contributed by atoms with Gasteiger partial charge in [-0.3, -0.25) is 0 Å². The molecule has 1 aliphatic rings. The molecule has 1 aromatic carbocycles. The van der Waals surface area contributed by atoms with Crippen LogP contribution < -0.4 is 0 Å². The molecular weight excluding hydrogens is 212 g/mol. The molecule has 0 aliphatic heterocycles. The number of rotatable bonds is 1. The largest absolute Gasteiger partial charge is 0.391 e. The average molecular weight is 230 g/mol. The summed E-state index contributed by atoms with van der Waals surface area (Å²) in [6, 6.07) is 4.52. The predicted molar refractivity (Wildman–Crippen MR) is 68.1 cm³/mol. The van der Waals surface area contributed by atoms with Gasteiger partial charge in [-0.05, 0) is 56.4 Å². The first-order chi connectivity index (χ1) is 8.16. The van der Waals surface area contributed by atoms with Crippen LogP contribution >= 0.6 is 0 Å². The van der Waals surface area contributed by atoms with Crippen LogP contribution in [0, 0.1) is 13.8 Å². The summed E-state index contributed by atoms with van der Waals surface area (Å²) in [6.07, 6.45) is 4.74. The molecule has 1 N–H and O–H groups in total. The molecule has 0 amide bonds. The zero-order valence-electron chi connectivity index (χ0n) is 10.3. The lowest BCUT2D eigenvalue weighted by molar-refractivity contribution is 0.138. The van der Waals surface area contributed by atoms with Crippen molar-refractivity contribution in [2.75, 3.05) is 0 Å². The fraction of sp³-hybridized carbons (Fsp3) is 0.500. The zero-order valence-corrected chi connectivity index (χ0v) is 10.3. The molecular formula is C14H18N2O. The van der Waals surface area contributed by atoms with E-state index in [4.69, 9.17) is 0 Å². The van der Waals surface area contributed by atoms with E-state index in [2.05, 4.69) is 35.5 Å². The topological polar surface area (TPSA) is 38.0 Å². The number of hydrogen-bond acceptors (Lipinski definition) is 2. The summed E-state index contributed by atoms with van der Waals surface area (Å²) in [4.78, 5) is 4.45. The Hall–Kier alpha value is -1.35. The van der Waals surface area contributed by atoms with Crippen LogP contribution in [-0.4, -0.2) is 20.8 Å². The summed E-state index contributed by atoms with van der Waals surface area (Å²) in [5.41, 5.74) is 4.74. The minimum absolute atomic E-state index is 0.210. The van der Waals surface area contributed by atoms with Crippen molar-refractivity contribution in [3.8, 4) is 0 Å². The van der Waals surface area contributed by atoms with Crippen LogP contribution in [-0.2, 0) is 0 Å². The third-order valence-corrected chi connectivity index (χ3v) is 3.99. The highest BCUT2D eigenvalue weighted by Gasteiger charge is 2.27. The minimum Gasteiger partial charge on any atom is -0.391 e. The number of hydrogen-bond donors (Lipinski definition) is 1. The summed E-state index contributed by atoms with van der Waals surface area (Å²) < 4.78 is 2.15. The zero-order chi connectivity index (χ0) is 12.0. The van der Waals surface area contributed by atoms with Crippen LogP contribution in [0.15, 0.2) is 18.5 Å². The molecule has 1 aliphatic carbocycles. The summed E-state index contributed by atoms with van der Waals surface area (Å²) in [5, 5.41) is 10.00. The fourth-order valence-corrected chi connectivity index (χ4v) is 2.79. The molecule has 2 atom stereocenters. The molecule has 1 fully saturated rings. The molecule has 3 heteroatoms. The highest BCUT2D eigenvalue weighted by molar-refractivity contribution is 5.77. The number of aliphatic hydroxyl groups excluding tert-OH is 1. The Morgan fingerprint density at radius 2 is 2.00 bits per heavy atom. The molecule has 1 saturated carbocycles. The van der Waals surface area contributed by atoms with E-state index in [0.717, 1.165) is 30.3 Å². The van der Waals surface area contributed by atoms with Gasteiger partial charge in [0, 0.05) is 0 Å². The maximum Gasteiger partial charge on any atom is 0.0961 e. The van der Waals surface area contributed by atoms with Gasteiger partial charge in [-0.15, -0.1) is 0 Å². The Balaban J connectivity index is 2.14.